The first-order valence-electron chi connectivity index (χ1n) is 7.61. The van der Waals surface area contributed by atoms with Crippen molar-refractivity contribution in [2.24, 2.45) is 0 Å². The van der Waals surface area contributed by atoms with Gasteiger partial charge >= 0.3 is 0 Å². The number of hydrogen-bond donors (Lipinski definition) is 1. The molecule has 0 saturated heterocycles. The number of rotatable bonds is 6. The van der Waals surface area contributed by atoms with Gasteiger partial charge in [0.25, 0.3) is 5.91 Å². The predicted molar refractivity (Wildman–Crippen MR) is 92.7 cm³/mol. The van der Waals surface area contributed by atoms with Crippen molar-refractivity contribution in [3.05, 3.63) is 64.9 Å². The summed E-state index contributed by atoms with van der Waals surface area (Å²) in [6, 6.07) is 14.6. The molecule has 3 aromatic rings. The van der Waals surface area contributed by atoms with E-state index in [2.05, 4.69) is 20.8 Å². The molecule has 8 heteroatoms. The van der Waals surface area contributed by atoms with Crippen LogP contribution in [0.3, 0.4) is 0 Å². The SMILES string of the molecule is Cc1ccc(-n2nnnc2CNC(=O)COc2ccc(Cl)cc2)cc1. The van der Waals surface area contributed by atoms with E-state index in [1.165, 1.54) is 0 Å². The van der Waals surface area contributed by atoms with Crippen molar-refractivity contribution in [1.29, 1.82) is 0 Å². The number of benzene rings is 2. The number of amides is 1. The Morgan fingerprint density at radius 2 is 1.88 bits per heavy atom. The number of aromatic nitrogens is 4. The second-order valence-corrected chi connectivity index (χ2v) is 5.80. The number of halogens is 1. The van der Waals surface area contributed by atoms with Gasteiger partial charge in [-0.2, -0.15) is 4.68 Å². The lowest BCUT2D eigenvalue weighted by Gasteiger charge is -2.08. The van der Waals surface area contributed by atoms with Gasteiger partial charge in [0, 0.05) is 5.02 Å². The van der Waals surface area contributed by atoms with Gasteiger partial charge in [0.1, 0.15) is 5.75 Å². The molecule has 3 rings (SSSR count). The molecule has 0 unspecified atom stereocenters. The van der Waals surface area contributed by atoms with Crippen LogP contribution in [0.5, 0.6) is 5.75 Å². The summed E-state index contributed by atoms with van der Waals surface area (Å²) in [5.41, 5.74) is 1.98. The van der Waals surface area contributed by atoms with E-state index in [1.807, 2.05) is 31.2 Å². The molecule has 0 saturated carbocycles. The van der Waals surface area contributed by atoms with Gasteiger partial charge in [-0.25, -0.2) is 0 Å². The Morgan fingerprint density at radius 3 is 2.60 bits per heavy atom. The zero-order valence-corrected chi connectivity index (χ0v) is 14.3. The van der Waals surface area contributed by atoms with Gasteiger partial charge < -0.3 is 10.1 Å². The molecule has 0 atom stereocenters. The van der Waals surface area contributed by atoms with Crippen LogP contribution in [0.2, 0.25) is 5.02 Å². The van der Waals surface area contributed by atoms with Gasteiger partial charge in [0.15, 0.2) is 12.4 Å². The van der Waals surface area contributed by atoms with Gasteiger partial charge in [-0.05, 0) is 53.7 Å². The average molecular weight is 358 g/mol. The smallest absolute Gasteiger partial charge is 0.258 e. The minimum absolute atomic E-state index is 0.103. The van der Waals surface area contributed by atoms with E-state index in [9.17, 15) is 4.79 Å². The lowest BCUT2D eigenvalue weighted by molar-refractivity contribution is -0.123. The Kier molecular flexibility index (Phi) is 5.25. The van der Waals surface area contributed by atoms with Crippen molar-refractivity contribution in [3.63, 3.8) is 0 Å². The maximum Gasteiger partial charge on any atom is 0.258 e. The zero-order valence-electron chi connectivity index (χ0n) is 13.5. The van der Waals surface area contributed by atoms with E-state index >= 15 is 0 Å². The Bertz CT molecular complexity index is 846. The van der Waals surface area contributed by atoms with Crippen LogP contribution in [-0.4, -0.2) is 32.7 Å². The molecule has 0 aliphatic rings. The summed E-state index contributed by atoms with van der Waals surface area (Å²) in [5.74, 6) is 0.834. The number of carbonyl (C=O) groups is 1. The first-order valence-corrected chi connectivity index (χ1v) is 7.99. The van der Waals surface area contributed by atoms with Gasteiger partial charge in [0.2, 0.25) is 0 Å². The summed E-state index contributed by atoms with van der Waals surface area (Å²) < 4.78 is 6.97. The summed E-state index contributed by atoms with van der Waals surface area (Å²) in [4.78, 5) is 11.9. The maximum atomic E-state index is 11.9. The van der Waals surface area contributed by atoms with Crippen LogP contribution < -0.4 is 10.1 Å². The summed E-state index contributed by atoms with van der Waals surface area (Å²) >= 11 is 5.80. The highest BCUT2D eigenvalue weighted by Gasteiger charge is 2.10. The van der Waals surface area contributed by atoms with Crippen LogP contribution in [0.1, 0.15) is 11.4 Å². The van der Waals surface area contributed by atoms with Crippen molar-refractivity contribution in [2.75, 3.05) is 6.61 Å². The van der Waals surface area contributed by atoms with Crippen LogP contribution in [0.4, 0.5) is 0 Å². The van der Waals surface area contributed by atoms with Gasteiger partial charge in [-0.1, -0.05) is 29.3 Å². The molecule has 1 amide bonds. The van der Waals surface area contributed by atoms with Crippen molar-refractivity contribution < 1.29 is 9.53 Å². The van der Waals surface area contributed by atoms with Gasteiger partial charge in [-0.3, -0.25) is 4.79 Å². The molecular formula is C17H16ClN5O2. The van der Waals surface area contributed by atoms with Gasteiger partial charge in [0.05, 0.1) is 12.2 Å². The maximum absolute atomic E-state index is 11.9. The summed E-state index contributed by atoms with van der Waals surface area (Å²) in [6.07, 6.45) is 0. The lowest BCUT2D eigenvalue weighted by atomic mass is 10.2. The third-order valence-electron chi connectivity index (χ3n) is 3.44. The minimum atomic E-state index is -0.270. The molecule has 1 N–H and O–H groups in total. The molecule has 25 heavy (non-hydrogen) atoms. The monoisotopic (exact) mass is 357 g/mol. The largest absolute Gasteiger partial charge is 0.484 e. The summed E-state index contributed by atoms with van der Waals surface area (Å²) in [5, 5.41) is 14.9. The highest BCUT2D eigenvalue weighted by atomic mass is 35.5. The molecular weight excluding hydrogens is 342 g/mol. The minimum Gasteiger partial charge on any atom is -0.484 e. The Hall–Kier alpha value is -2.93. The molecule has 1 heterocycles. The van der Waals surface area contributed by atoms with Crippen LogP contribution in [0.15, 0.2) is 48.5 Å². The van der Waals surface area contributed by atoms with Crippen LogP contribution in [0, 0.1) is 6.92 Å². The quantitative estimate of drug-likeness (QED) is 0.732. The normalized spacial score (nSPS) is 10.5. The van der Waals surface area contributed by atoms with Crippen molar-refractivity contribution in [1.82, 2.24) is 25.5 Å². The Morgan fingerprint density at radius 1 is 1.16 bits per heavy atom. The zero-order chi connectivity index (χ0) is 17.6. The molecule has 0 aliphatic heterocycles. The van der Waals surface area contributed by atoms with E-state index in [0.717, 1.165) is 11.3 Å². The molecule has 0 radical (unpaired) electrons. The fraction of sp³-hybridized carbons (Fsp3) is 0.176. The first kappa shape index (κ1) is 16.9. The van der Waals surface area contributed by atoms with E-state index in [0.29, 0.717) is 16.6 Å². The molecule has 0 fully saturated rings. The summed E-state index contributed by atoms with van der Waals surface area (Å²) in [6.45, 7) is 2.10. The van der Waals surface area contributed by atoms with E-state index in [4.69, 9.17) is 16.3 Å². The van der Waals surface area contributed by atoms with Crippen LogP contribution >= 0.6 is 11.6 Å². The van der Waals surface area contributed by atoms with E-state index in [-0.39, 0.29) is 19.1 Å². The first-order chi connectivity index (χ1) is 12.1. The molecule has 0 spiro atoms. The second kappa shape index (κ2) is 7.76. The third-order valence-corrected chi connectivity index (χ3v) is 3.69. The molecule has 128 valence electrons. The van der Waals surface area contributed by atoms with Gasteiger partial charge in [-0.15, -0.1) is 5.10 Å². The highest BCUT2D eigenvalue weighted by molar-refractivity contribution is 6.30. The number of ether oxygens (including phenoxy) is 1. The topological polar surface area (TPSA) is 81.9 Å². The molecule has 1 aromatic heterocycles. The van der Waals surface area contributed by atoms with E-state index in [1.54, 1.807) is 28.9 Å². The molecule has 2 aromatic carbocycles. The van der Waals surface area contributed by atoms with Crippen LogP contribution in [0.25, 0.3) is 5.69 Å². The molecule has 0 bridgehead atoms. The molecule has 0 aliphatic carbocycles. The number of nitrogens with one attached hydrogen (secondary N) is 1. The highest BCUT2D eigenvalue weighted by Crippen LogP contribution is 2.15. The Labute approximate surface area is 149 Å². The van der Waals surface area contributed by atoms with Crippen molar-refractivity contribution in [3.8, 4) is 11.4 Å². The van der Waals surface area contributed by atoms with E-state index < -0.39 is 0 Å². The van der Waals surface area contributed by atoms with Crippen molar-refractivity contribution >= 4 is 17.5 Å². The number of hydrogen-bond acceptors (Lipinski definition) is 5. The number of nitrogens with zero attached hydrogens (tertiary/aromatic N) is 4. The number of tetrazole rings is 1. The van der Waals surface area contributed by atoms with Crippen LogP contribution in [-0.2, 0) is 11.3 Å². The average Bonchev–Trinajstić information content (AvgIpc) is 3.09. The third kappa shape index (κ3) is 4.54. The predicted octanol–water partition coefficient (Wildman–Crippen LogP) is 2.32. The second-order valence-electron chi connectivity index (χ2n) is 5.36. The number of aryl methyl sites for hydroxylation is 1. The fourth-order valence-corrected chi connectivity index (χ4v) is 2.24. The fourth-order valence-electron chi connectivity index (χ4n) is 2.11. The number of carbonyl (C=O) groups excluding carboxylic acids is 1. The lowest BCUT2D eigenvalue weighted by Crippen LogP contribution is -2.29. The van der Waals surface area contributed by atoms with Crippen molar-refractivity contribution in [2.45, 2.75) is 13.5 Å². The summed E-state index contributed by atoms with van der Waals surface area (Å²) in [7, 11) is 0. The molecule has 7 nitrogen and oxygen atoms in total. The Balaban J connectivity index is 1.55. The standard InChI is InChI=1S/C17H16ClN5O2/c1-12-2-6-14(7-3-12)23-16(20-21-22-23)10-19-17(24)11-25-15-8-4-13(18)5-9-15/h2-9H,10-11H2,1H3,(H,19,24).